The van der Waals surface area contributed by atoms with E-state index in [2.05, 4.69) is 36.2 Å². The van der Waals surface area contributed by atoms with E-state index in [4.69, 9.17) is 0 Å². The number of hydrogen-bond donors (Lipinski definition) is 1. The number of aromatic nitrogens is 3. The third-order valence-electron chi connectivity index (χ3n) is 2.31. The molecule has 2 heterocycles. The molecule has 2 aromatic heterocycles. The van der Waals surface area contributed by atoms with Gasteiger partial charge in [-0.1, -0.05) is 0 Å². The second kappa shape index (κ2) is 4.79. The van der Waals surface area contributed by atoms with Gasteiger partial charge in [0.15, 0.2) is 5.82 Å². The molecule has 0 aliphatic carbocycles. The Morgan fingerprint density at radius 2 is 1.94 bits per heavy atom. The molecule has 1 N–H and O–H groups in total. The van der Waals surface area contributed by atoms with Crippen molar-refractivity contribution < 1.29 is 0 Å². The molecule has 0 spiro atoms. The van der Waals surface area contributed by atoms with Crippen LogP contribution in [-0.4, -0.2) is 22.0 Å². The fraction of sp³-hybridized carbons (Fsp3) is 0.250. The van der Waals surface area contributed by atoms with Crippen LogP contribution in [0.25, 0.3) is 11.5 Å². The Morgan fingerprint density at radius 3 is 2.59 bits per heavy atom. The summed E-state index contributed by atoms with van der Waals surface area (Å²) >= 11 is 3.38. The number of nitrogens with zero attached hydrogens (tertiary/aromatic N) is 3. The van der Waals surface area contributed by atoms with Crippen LogP contribution in [0.4, 0.5) is 5.82 Å². The minimum atomic E-state index is 0.629. The second-order valence-corrected chi connectivity index (χ2v) is 4.67. The Morgan fingerprint density at radius 1 is 1.18 bits per heavy atom. The topological polar surface area (TPSA) is 50.7 Å². The summed E-state index contributed by atoms with van der Waals surface area (Å²) in [7, 11) is 1.83. The largest absolute Gasteiger partial charge is 0.372 e. The molecule has 4 nitrogen and oxygen atoms in total. The first-order valence-electron chi connectivity index (χ1n) is 5.26. The van der Waals surface area contributed by atoms with Gasteiger partial charge in [-0.05, 0) is 47.5 Å². The fourth-order valence-electron chi connectivity index (χ4n) is 1.62. The number of nitrogens with one attached hydrogen (secondary N) is 1. The summed E-state index contributed by atoms with van der Waals surface area (Å²) < 4.78 is 0.841. The minimum absolute atomic E-state index is 0.629. The van der Waals surface area contributed by atoms with Gasteiger partial charge in [0, 0.05) is 18.9 Å². The van der Waals surface area contributed by atoms with Crippen molar-refractivity contribution in [1.29, 1.82) is 0 Å². The van der Waals surface area contributed by atoms with Crippen molar-refractivity contribution in [3.8, 4) is 11.5 Å². The van der Waals surface area contributed by atoms with E-state index < -0.39 is 0 Å². The summed E-state index contributed by atoms with van der Waals surface area (Å²) in [6, 6.07) is 4.01. The van der Waals surface area contributed by atoms with E-state index in [0.29, 0.717) is 5.82 Å². The minimum Gasteiger partial charge on any atom is -0.372 e. The van der Waals surface area contributed by atoms with Gasteiger partial charge in [-0.25, -0.2) is 15.0 Å². The number of anilines is 1. The molecule has 2 aromatic rings. The Kier molecular flexibility index (Phi) is 3.38. The van der Waals surface area contributed by atoms with Gasteiger partial charge in [0.25, 0.3) is 0 Å². The highest BCUT2D eigenvalue weighted by Crippen LogP contribution is 2.22. The summed E-state index contributed by atoms with van der Waals surface area (Å²) in [5.74, 6) is 1.39. The smallest absolute Gasteiger partial charge is 0.180 e. The summed E-state index contributed by atoms with van der Waals surface area (Å²) in [6.07, 6.45) is 1.73. The van der Waals surface area contributed by atoms with Crippen molar-refractivity contribution in [3.05, 3.63) is 34.1 Å². The van der Waals surface area contributed by atoms with Crippen LogP contribution in [0, 0.1) is 13.8 Å². The highest BCUT2D eigenvalue weighted by molar-refractivity contribution is 9.10. The predicted molar refractivity (Wildman–Crippen MR) is 72.0 cm³/mol. The van der Waals surface area contributed by atoms with E-state index in [-0.39, 0.29) is 0 Å². The van der Waals surface area contributed by atoms with Crippen LogP contribution in [0.3, 0.4) is 0 Å². The molecule has 0 aliphatic heterocycles. The maximum Gasteiger partial charge on any atom is 0.180 e. The molecule has 0 atom stereocenters. The van der Waals surface area contributed by atoms with Gasteiger partial charge < -0.3 is 5.32 Å². The molecule has 0 fully saturated rings. The fourth-order valence-corrected chi connectivity index (χ4v) is 2.01. The van der Waals surface area contributed by atoms with Crippen LogP contribution >= 0.6 is 15.9 Å². The molecule has 0 saturated carbocycles. The van der Waals surface area contributed by atoms with Gasteiger partial charge in [0.1, 0.15) is 11.5 Å². The second-order valence-electron chi connectivity index (χ2n) is 3.81. The Bertz CT molecular complexity index is 534. The zero-order chi connectivity index (χ0) is 12.4. The number of aryl methyl sites for hydroxylation is 2. The van der Waals surface area contributed by atoms with E-state index in [9.17, 15) is 0 Å². The van der Waals surface area contributed by atoms with E-state index in [1.165, 1.54) is 0 Å². The van der Waals surface area contributed by atoms with Crippen molar-refractivity contribution in [2.24, 2.45) is 0 Å². The SMILES string of the molecule is CNc1nc(-c2cc(C)cc(C)n2)ncc1Br. The third-order valence-corrected chi connectivity index (χ3v) is 2.89. The zero-order valence-electron chi connectivity index (χ0n) is 9.95. The number of hydrogen-bond acceptors (Lipinski definition) is 4. The lowest BCUT2D eigenvalue weighted by atomic mass is 10.2. The predicted octanol–water partition coefficient (Wildman–Crippen LogP) is 2.96. The van der Waals surface area contributed by atoms with Gasteiger partial charge in [-0.2, -0.15) is 0 Å². The van der Waals surface area contributed by atoms with E-state index >= 15 is 0 Å². The third kappa shape index (κ3) is 2.61. The first-order valence-corrected chi connectivity index (χ1v) is 6.05. The first kappa shape index (κ1) is 12.0. The maximum absolute atomic E-state index is 4.44. The maximum atomic E-state index is 4.44. The van der Waals surface area contributed by atoms with E-state index in [0.717, 1.165) is 27.2 Å². The molecule has 0 radical (unpaired) electrons. The molecule has 0 unspecified atom stereocenters. The highest BCUT2D eigenvalue weighted by atomic mass is 79.9. The highest BCUT2D eigenvalue weighted by Gasteiger charge is 2.07. The summed E-state index contributed by atoms with van der Waals surface area (Å²) in [4.78, 5) is 13.1. The molecular weight excluding hydrogens is 280 g/mol. The van der Waals surface area contributed by atoms with Gasteiger partial charge in [-0.3, -0.25) is 0 Å². The first-order chi connectivity index (χ1) is 8.10. The lowest BCUT2D eigenvalue weighted by molar-refractivity contribution is 1.09. The molecular formula is C12H13BrN4. The molecule has 0 bridgehead atoms. The number of rotatable bonds is 2. The Labute approximate surface area is 109 Å². The number of halogens is 1. The molecule has 0 aromatic carbocycles. The van der Waals surface area contributed by atoms with Crippen LogP contribution in [0.1, 0.15) is 11.3 Å². The monoisotopic (exact) mass is 292 g/mol. The summed E-state index contributed by atoms with van der Waals surface area (Å²) in [5, 5.41) is 3.01. The molecule has 0 aliphatic rings. The van der Waals surface area contributed by atoms with E-state index in [1.807, 2.05) is 33.0 Å². The van der Waals surface area contributed by atoms with Gasteiger partial charge >= 0.3 is 0 Å². The standard InChI is InChI=1S/C12H13BrN4/c1-7-4-8(2)16-10(5-7)12-15-6-9(13)11(14-3)17-12/h4-6H,1-3H3,(H,14,15,17). The lowest BCUT2D eigenvalue weighted by Gasteiger charge is -2.06. The van der Waals surface area contributed by atoms with Crippen LogP contribution in [0.2, 0.25) is 0 Å². The van der Waals surface area contributed by atoms with E-state index in [1.54, 1.807) is 6.20 Å². The molecule has 2 rings (SSSR count). The lowest BCUT2D eigenvalue weighted by Crippen LogP contribution is -1.99. The average Bonchev–Trinajstić information content (AvgIpc) is 2.28. The van der Waals surface area contributed by atoms with Crippen molar-refractivity contribution in [1.82, 2.24) is 15.0 Å². The zero-order valence-corrected chi connectivity index (χ0v) is 11.5. The summed E-state index contributed by atoms with van der Waals surface area (Å²) in [5.41, 5.74) is 2.93. The van der Waals surface area contributed by atoms with Crippen LogP contribution in [0.5, 0.6) is 0 Å². The van der Waals surface area contributed by atoms with Gasteiger partial charge in [0.2, 0.25) is 0 Å². The number of pyridine rings is 1. The normalized spacial score (nSPS) is 10.4. The van der Waals surface area contributed by atoms with Gasteiger partial charge in [0.05, 0.1) is 4.47 Å². The molecule has 0 amide bonds. The average molecular weight is 293 g/mol. The molecule has 88 valence electrons. The molecule has 17 heavy (non-hydrogen) atoms. The van der Waals surface area contributed by atoms with Crippen LogP contribution in [0.15, 0.2) is 22.8 Å². The van der Waals surface area contributed by atoms with Gasteiger partial charge in [-0.15, -0.1) is 0 Å². The van der Waals surface area contributed by atoms with Crippen molar-refractivity contribution in [3.63, 3.8) is 0 Å². The quantitative estimate of drug-likeness (QED) is 0.925. The van der Waals surface area contributed by atoms with Crippen molar-refractivity contribution >= 4 is 21.7 Å². The molecule has 5 heteroatoms. The summed E-state index contributed by atoms with van der Waals surface area (Å²) in [6.45, 7) is 4.00. The van der Waals surface area contributed by atoms with Crippen molar-refractivity contribution in [2.75, 3.05) is 12.4 Å². The van der Waals surface area contributed by atoms with Crippen LogP contribution < -0.4 is 5.32 Å². The Balaban J connectivity index is 2.52. The van der Waals surface area contributed by atoms with Crippen molar-refractivity contribution in [2.45, 2.75) is 13.8 Å². The van der Waals surface area contributed by atoms with Crippen LogP contribution in [-0.2, 0) is 0 Å². The molecule has 0 saturated heterocycles. The Hall–Kier alpha value is -1.49.